The van der Waals surface area contributed by atoms with E-state index in [0.717, 1.165) is 5.56 Å². The number of aromatic nitrogens is 4. The lowest BCUT2D eigenvalue weighted by Gasteiger charge is -2.29. The van der Waals surface area contributed by atoms with Gasteiger partial charge in [-0.3, -0.25) is 29.3 Å². The fraction of sp³-hybridized carbons (Fsp3) is 0.227. The Bertz CT molecular complexity index is 1370. The first-order chi connectivity index (χ1) is 16.4. The number of carbonyl (C=O) groups excluding carboxylic acids is 4. The zero-order valence-corrected chi connectivity index (χ0v) is 17.8. The van der Waals surface area contributed by atoms with Gasteiger partial charge < -0.3 is 15.2 Å². The van der Waals surface area contributed by atoms with Crippen molar-refractivity contribution in [1.82, 2.24) is 35.5 Å². The molecule has 5 rings (SSSR count). The fourth-order valence-corrected chi connectivity index (χ4v) is 4.02. The van der Waals surface area contributed by atoms with Crippen LogP contribution in [0.1, 0.15) is 44.8 Å². The van der Waals surface area contributed by atoms with Crippen LogP contribution in [0.2, 0.25) is 0 Å². The molecule has 0 saturated carbocycles. The number of hydrogen-bond donors (Lipinski definition) is 3. The van der Waals surface area contributed by atoms with Gasteiger partial charge in [0.25, 0.3) is 11.8 Å². The van der Waals surface area contributed by atoms with E-state index in [4.69, 9.17) is 0 Å². The summed E-state index contributed by atoms with van der Waals surface area (Å²) < 4.78 is 1.49. The summed E-state index contributed by atoms with van der Waals surface area (Å²) in [4.78, 5) is 63.8. The second kappa shape index (κ2) is 8.39. The van der Waals surface area contributed by atoms with Gasteiger partial charge >= 0.3 is 0 Å². The van der Waals surface area contributed by atoms with E-state index in [0.29, 0.717) is 35.5 Å². The number of benzene rings is 1. The van der Waals surface area contributed by atoms with Crippen molar-refractivity contribution < 1.29 is 19.2 Å². The Balaban J connectivity index is 1.27. The maximum Gasteiger partial charge on any atom is 0.255 e. The summed E-state index contributed by atoms with van der Waals surface area (Å²) >= 11 is 0. The van der Waals surface area contributed by atoms with Crippen LogP contribution in [0, 0.1) is 0 Å². The highest BCUT2D eigenvalue weighted by molar-refractivity contribution is 6.05. The van der Waals surface area contributed by atoms with E-state index in [1.165, 1.54) is 27.9 Å². The summed E-state index contributed by atoms with van der Waals surface area (Å²) in [6.45, 7) is 0.408. The van der Waals surface area contributed by atoms with Crippen LogP contribution >= 0.6 is 0 Å². The third-order valence-corrected chi connectivity index (χ3v) is 5.79. The number of aromatic amines is 1. The number of nitrogens with zero attached hydrogens (tertiary/aromatic N) is 4. The Morgan fingerprint density at radius 2 is 2.00 bits per heavy atom. The highest BCUT2D eigenvalue weighted by Crippen LogP contribution is 2.29. The van der Waals surface area contributed by atoms with E-state index in [1.807, 2.05) is 0 Å². The third kappa shape index (κ3) is 3.96. The van der Waals surface area contributed by atoms with Crippen molar-refractivity contribution in [1.29, 1.82) is 0 Å². The topological polar surface area (TPSA) is 159 Å². The number of imide groups is 1. The summed E-state index contributed by atoms with van der Waals surface area (Å²) in [7, 11) is 0. The number of fused-ring (bicyclic) bond motifs is 1. The first-order valence-corrected chi connectivity index (χ1v) is 10.5. The molecular weight excluding hydrogens is 442 g/mol. The van der Waals surface area contributed by atoms with Gasteiger partial charge in [-0.2, -0.15) is 0 Å². The number of carbonyl (C=O) groups is 4. The lowest BCUT2D eigenvalue weighted by atomic mass is 10.0. The van der Waals surface area contributed by atoms with Crippen LogP contribution in [-0.4, -0.2) is 54.5 Å². The molecule has 1 fully saturated rings. The van der Waals surface area contributed by atoms with Crippen molar-refractivity contribution in [3.8, 4) is 5.69 Å². The number of rotatable bonds is 5. The molecule has 2 aliphatic rings. The molecule has 1 saturated heterocycles. The van der Waals surface area contributed by atoms with Crippen molar-refractivity contribution in [2.75, 3.05) is 0 Å². The van der Waals surface area contributed by atoms with Gasteiger partial charge in [0.15, 0.2) is 0 Å². The molecule has 172 valence electrons. The Morgan fingerprint density at radius 3 is 2.76 bits per heavy atom. The van der Waals surface area contributed by atoms with Gasteiger partial charge in [-0.1, -0.05) is 11.3 Å². The molecule has 0 aliphatic carbocycles. The molecule has 12 nitrogen and oxygen atoms in total. The minimum Gasteiger partial charge on any atom is -0.346 e. The molecule has 0 bridgehead atoms. The second-order valence-corrected chi connectivity index (χ2v) is 8.02. The molecule has 1 unspecified atom stereocenters. The molecule has 12 heteroatoms. The van der Waals surface area contributed by atoms with E-state index in [9.17, 15) is 24.0 Å². The van der Waals surface area contributed by atoms with Gasteiger partial charge in [-0.25, -0.2) is 4.68 Å². The first-order valence-electron chi connectivity index (χ1n) is 10.5. The standard InChI is InChI=1S/C22H19N7O5/c30-18-5-2-12(8-23-18)20(32)24-9-14-11-29(27-26-14)15-3-1-13-10-28(22(34)16(13)7-15)17-4-6-19(31)25-21(17)33/h1-3,5,7-8,11,17H,4,6,9-10H2,(H,23,30)(H,24,32)(H,25,31,33). The zero-order valence-electron chi connectivity index (χ0n) is 17.8. The van der Waals surface area contributed by atoms with Gasteiger partial charge in [0.2, 0.25) is 17.4 Å². The van der Waals surface area contributed by atoms with E-state index in [-0.39, 0.29) is 36.2 Å². The van der Waals surface area contributed by atoms with Gasteiger partial charge in [0, 0.05) is 30.8 Å². The maximum atomic E-state index is 13.0. The van der Waals surface area contributed by atoms with Crippen molar-refractivity contribution in [3.05, 3.63) is 75.5 Å². The molecule has 1 atom stereocenters. The van der Waals surface area contributed by atoms with E-state index < -0.39 is 11.9 Å². The number of hydrogen-bond acceptors (Lipinski definition) is 7. The largest absolute Gasteiger partial charge is 0.346 e. The van der Waals surface area contributed by atoms with Crippen LogP contribution < -0.4 is 16.2 Å². The molecular formula is C22H19N7O5. The van der Waals surface area contributed by atoms with Gasteiger partial charge in [-0.15, -0.1) is 5.10 Å². The smallest absolute Gasteiger partial charge is 0.255 e. The molecule has 4 heterocycles. The molecule has 0 radical (unpaired) electrons. The van der Waals surface area contributed by atoms with Gasteiger partial charge in [0.05, 0.1) is 24.0 Å². The molecule has 3 aromatic rings. The summed E-state index contributed by atoms with van der Waals surface area (Å²) in [5.74, 6) is -1.44. The van der Waals surface area contributed by atoms with Crippen LogP contribution in [0.5, 0.6) is 0 Å². The molecule has 4 amide bonds. The Morgan fingerprint density at radius 1 is 1.15 bits per heavy atom. The average molecular weight is 461 g/mol. The average Bonchev–Trinajstić information content (AvgIpc) is 3.43. The van der Waals surface area contributed by atoms with Crippen LogP contribution in [-0.2, 0) is 22.7 Å². The predicted molar refractivity (Wildman–Crippen MR) is 116 cm³/mol. The van der Waals surface area contributed by atoms with E-state index >= 15 is 0 Å². The maximum absolute atomic E-state index is 13.0. The predicted octanol–water partition coefficient (Wildman–Crippen LogP) is -0.353. The van der Waals surface area contributed by atoms with Crippen LogP contribution in [0.25, 0.3) is 5.69 Å². The lowest BCUT2D eigenvalue weighted by molar-refractivity contribution is -0.136. The highest BCUT2D eigenvalue weighted by Gasteiger charge is 2.39. The van der Waals surface area contributed by atoms with Crippen molar-refractivity contribution >= 4 is 23.6 Å². The summed E-state index contributed by atoms with van der Waals surface area (Å²) in [5.41, 5.74) is 2.35. The first kappa shape index (κ1) is 21.2. The molecule has 3 N–H and O–H groups in total. The number of amides is 4. The monoisotopic (exact) mass is 461 g/mol. The van der Waals surface area contributed by atoms with Gasteiger partial charge in [-0.05, 0) is 30.2 Å². The van der Waals surface area contributed by atoms with Crippen LogP contribution in [0.3, 0.4) is 0 Å². The number of H-pyrrole nitrogens is 1. The summed E-state index contributed by atoms with van der Waals surface area (Å²) in [6.07, 6.45) is 3.46. The molecule has 1 aromatic carbocycles. The number of pyridine rings is 1. The zero-order chi connectivity index (χ0) is 23.8. The normalized spacial score (nSPS) is 17.5. The van der Waals surface area contributed by atoms with Gasteiger partial charge in [0.1, 0.15) is 11.7 Å². The summed E-state index contributed by atoms with van der Waals surface area (Å²) in [6, 6.07) is 7.28. The molecule has 34 heavy (non-hydrogen) atoms. The second-order valence-electron chi connectivity index (χ2n) is 8.02. The quantitative estimate of drug-likeness (QED) is 0.438. The molecule has 0 spiro atoms. The highest BCUT2D eigenvalue weighted by atomic mass is 16.2. The minimum atomic E-state index is -0.676. The number of piperidine rings is 1. The Kier molecular flexibility index (Phi) is 5.24. The van der Waals surface area contributed by atoms with Crippen molar-refractivity contribution in [2.24, 2.45) is 0 Å². The minimum absolute atomic E-state index is 0.116. The molecule has 2 aliphatic heterocycles. The van der Waals surface area contributed by atoms with Crippen molar-refractivity contribution in [3.63, 3.8) is 0 Å². The van der Waals surface area contributed by atoms with E-state index in [2.05, 4.69) is 25.9 Å². The molecule has 2 aromatic heterocycles. The third-order valence-electron chi connectivity index (χ3n) is 5.79. The summed E-state index contributed by atoms with van der Waals surface area (Å²) in [5, 5.41) is 13.1. The van der Waals surface area contributed by atoms with E-state index in [1.54, 1.807) is 24.4 Å². The Labute approximate surface area is 192 Å². The van der Waals surface area contributed by atoms with Crippen molar-refractivity contribution in [2.45, 2.75) is 32.0 Å². The fourth-order valence-electron chi connectivity index (χ4n) is 4.02. The lowest BCUT2D eigenvalue weighted by Crippen LogP contribution is -2.52. The van der Waals surface area contributed by atoms with Crippen LogP contribution in [0.4, 0.5) is 0 Å². The van der Waals surface area contributed by atoms with Crippen LogP contribution in [0.15, 0.2) is 47.5 Å². The number of nitrogens with one attached hydrogen (secondary N) is 3. The Hall–Kier alpha value is -4.61. The SMILES string of the molecule is O=C1CCC(N2Cc3ccc(-n4cc(CNC(=O)c5ccc(=O)[nH]c5)nn4)cc3C2=O)C(=O)N1.